The average molecular weight is 481 g/mol. The zero-order valence-electron chi connectivity index (χ0n) is 19.4. The molecule has 0 heterocycles. The van der Waals surface area contributed by atoms with Gasteiger partial charge in [0.1, 0.15) is 28.7 Å². The van der Waals surface area contributed by atoms with Crippen molar-refractivity contribution in [2.24, 2.45) is 0 Å². The first-order chi connectivity index (χ1) is 16.8. The molecule has 0 saturated heterocycles. The summed E-state index contributed by atoms with van der Waals surface area (Å²) in [6.45, 7) is 0. The van der Waals surface area contributed by atoms with Crippen molar-refractivity contribution in [2.75, 3.05) is 39.1 Å². The van der Waals surface area contributed by atoms with Gasteiger partial charge in [-0.15, -0.1) is 0 Å². The summed E-state index contributed by atoms with van der Waals surface area (Å²) in [5.74, 6) is 0.320. The molecule has 0 unspecified atom stereocenters. The number of carbonyl (C=O) groups excluding carboxylic acids is 2. The molecule has 0 bridgehead atoms. The van der Waals surface area contributed by atoms with Gasteiger partial charge in [0.2, 0.25) is 0 Å². The Morgan fingerprint density at radius 3 is 1.69 bits per heavy atom. The number of nitrogens with zero attached hydrogens (tertiary/aromatic N) is 1. The van der Waals surface area contributed by atoms with E-state index in [0.717, 1.165) is 0 Å². The topological polar surface area (TPSA) is 138 Å². The number of methoxy groups -OCH3 is 4. The third kappa shape index (κ3) is 5.58. The molecule has 0 aliphatic rings. The molecule has 0 aliphatic heterocycles. The monoisotopic (exact) mass is 481 g/mol. The van der Waals surface area contributed by atoms with Crippen LogP contribution >= 0.6 is 0 Å². The molecule has 0 atom stereocenters. The van der Waals surface area contributed by atoms with Crippen molar-refractivity contribution in [1.29, 1.82) is 0 Å². The molecular weight excluding hydrogens is 458 g/mol. The van der Waals surface area contributed by atoms with Gasteiger partial charge in [-0.3, -0.25) is 19.7 Å². The summed E-state index contributed by atoms with van der Waals surface area (Å²) < 4.78 is 20.7. The van der Waals surface area contributed by atoms with Gasteiger partial charge in [0.05, 0.1) is 44.5 Å². The lowest BCUT2D eigenvalue weighted by Gasteiger charge is -2.13. The van der Waals surface area contributed by atoms with Gasteiger partial charge in [-0.25, -0.2) is 0 Å². The van der Waals surface area contributed by atoms with E-state index in [1.54, 1.807) is 18.2 Å². The predicted octanol–water partition coefficient (Wildman–Crippen LogP) is 4.13. The molecule has 11 heteroatoms. The summed E-state index contributed by atoms with van der Waals surface area (Å²) in [5.41, 5.74) is 0.110. The van der Waals surface area contributed by atoms with E-state index in [9.17, 15) is 19.7 Å². The summed E-state index contributed by atoms with van der Waals surface area (Å²) in [7, 11) is 5.76. The lowest BCUT2D eigenvalue weighted by Crippen LogP contribution is -2.16. The highest BCUT2D eigenvalue weighted by Crippen LogP contribution is 2.31. The summed E-state index contributed by atoms with van der Waals surface area (Å²) in [6.07, 6.45) is 0. The van der Waals surface area contributed by atoms with Gasteiger partial charge < -0.3 is 29.6 Å². The minimum Gasteiger partial charge on any atom is -0.497 e. The van der Waals surface area contributed by atoms with Crippen molar-refractivity contribution in [3.8, 4) is 23.0 Å². The predicted molar refractivity (Wildman–Crippen MR) is 128 cm³/mol. The first kappa shape index (κ1) is 24.8. The van der Waals surface area contributed by atoms with Crippen LogP contribution in [0.3, 0.4) is 0 Å². The zero-order valence-corrected chi connectivity index (χ0v) is 19.4. The van der Waals surface area contributed by atoms with Gasteiger partial charge >= 0.3 is 0 Å². The number of hydrogen-bond donors (Lipinski definition) is 2. The van der Waals surface area contributed by atoms with Gasteiger partial charge in [-0.1, -0.05) is 0 Å². The Bertz CT molecular complexity index is 1280. The van der Waals surface area contributed by atoms with Crippen molar-refractivity contribution in [3.63, 3.8) is 0 Å². The smallest absolute Gasteiger partial charge is 0.292 e. The van der Waals surface area contributed by atoms with Crippen LogP contribution in [0, 0.1) is 10.1 Å². The van der Waals surface area contributed by atoms with E-state index in [2.05, 4.69) is 10.6 Å². The van der Waals surface area contributed by atoms with E-state index in [1.165, 1.54) is 64.8 Å². The van der Waals surface area contributed by atoms with E-state index in [1.807, 2.05) is 0 Å². The Labute approximate surface area is 200 Å². The van der Waals surface area contributed by atoms with E-state index < -0.39 is 16.7 Å². The number of carbonyl (C=O) groups is 2. The number of ether oxygens (including phenoxy) is 4. The molecule has 11 nitrogen and oxygen atoms in total. The molecule has 2 N–H and O–H groups in total. The SMILES string of the molecule is COc1ccc(C(=O)Nc2ccc([N+](=O)[O-])c(NC(=O)c3ccc(OC)cc3OC)c2)c(OC)c1. The fourth-order valence-corrected chi connectivity index (χ4v) is 3.23. The molecule has 182 valence electrons. The molecule has 0 fully saturated rings. The standard InChI is InChI=1S/C24H23N3O8/c1-32-15-6-8-17(21(12-15)34-3)23(28)25-14-5-10-20(27(30)31)19(11-14)26-24(29)18-9-7-16(33-2)13-22(18)35-4/h5-13H,1-4H3,(H,25,28)(H,26,29). The van der Waals surface area contributed by atoms with Crippen LogP contribution < -0.4 is 29.6 Å². The third-order valence-electron chi connectivity index (χ3n) is 5.01. The van der Waals surface area contributed by atoms with Crippen LogP contribution in [-0.4, -0.2) is 45.2 Å². The maximum absolute atomic E-state index is 12.9. The number of amides is 2. The Kier molecular flexibility index (Phi) is 7.72. The van der Waals surface area contributed by atoms with E-state index in [-0.39, 0.29) is 39.7 Å². The number of nitro groups is 1. The lowest BCUT2D eigenvalue weighted by molar-refractivity contribution is -0.383. The lowest BCUT2D eigenvalue weighted by atomic mass is 10.1. The molecule has 3 rings (SSSR count). The maximum atomic E-state index is 12.9. The van der Waals surface area contributed by atoms with Crippen molar-refractivity contribution in [2.45, 2.75) is 0 Å². The van der Waals surface area contributed by atoms with Gasteiger partial charge in [-0.2, -0.15) is 0 Å². The number of nitrogens with one attached hydrogen (secondary N) is 2. The van der Waals surface area contributed by atoms with Crippen molar-refractivity contribution in [3.05, 3.63) is 75.8 Å². The quantitative estimate of drug-likeness (QED) is 0.344. The minimum absolute atomic E-state index is 0.114. The molecular formula is C24H23N3O8. The zero-order chi connectivity index (χ0) is 25.5. The molecule has 0 aromatic heterocycles. The molecule has 3 aromatic rings. The Morgan fingerprint density at radius 1 is 0.714 bits per heavy atom. The largest absolute Gasteiger partial charge is 0.497 e. The molecule has 0 spiro atoms. The van der Waals surface area contributed by atoms with Crippen molar-refractivity contribution < 1.29 is 33.5 Å². The van der Waals surface area contributed by atoms with E-state index in [0.29, 0.717) is 11.5 Å². The number of hydrogen-bond acceptors (Lipinski definition) is 8. The van der Waals surface area contributed by atoms with Gasteiger partial charge in [0.25, 0.3) is 17.5 Å². The maximum Gasteiger partial charge on any atom is 0.292 e. The van der Waals surface area contributed by atoms with Crippen LogP contribution in [-0.2, 0) is 0 Å². The Balaban J connectivity index is 1.90. The number of benzene rings is 3. The van der Waals surface area contributed by atoms with Crippen LogP contribution in [0.5, 0.6) is 23.0 Å². The molecule has 0 saturated carbocycles. The number of nitro benzene ring substituents is 1. The molecule has 2 amide bonds. The first-order valence-corrected chi connectivity index (χ1v) is 10.2. The van der Waals surface area contributed by atoms with E-state index >= 15 is 0 Å². The van der Waals surface area contributed by atoms with Crippen LogP contribution in [0.4, 0.5) is 17.1 Å². The first-order valence-electron chi connectivity index (χ1n) is 10.2. The fraction of sp³-hybridized carbons (Fsp3) is 0.167. The van der Waals surface area contributed by atoms with Gasteiger partial charge in [0, 0.05) is 23.9 Å². The fourth-order valence-electron chi connectivity index (χ4n) is 3.23. The van der Waals surface area contributed by atoms with Crippen LogP contribution in [0.15, 0.2) is 54.6 Å². The third-order valence-corrected chi connectivity index (χ3v) is 5.01. The number of rotatable bonds is 9. The Hall–Kier alpha value is -4.80. The van der Waals surface area contributed by atoms with E-state index in [4.69, 9.17) is 18.9 Å². The van der Waals surface area contributed by atoms with Crippen molar-refractivity contribution in [1.82, 2.24) is 0 Å². The van der Waals surface area contributed by atoms with Gasteiger partial charge in [-0.05, 0) is 36.4 Å². The summed E-state index contributed by atoms with van der Waals surface area (Å²) in [4.78, 5) is 36.6. The molecule has 3 aromatic carbocycles. The number of anilines is 2. The van der Waals surface area contributed by atoms with Crippen molar-refractivity contribution >= 4 is 28.9 Å². The summed E-state index contributed by atoms with van der Waals surface area (Å²) >= 11 is 0. The minimum atomic E-state index is -0.645. The van der Waals surface area contributed by atoms with Crippen LogP contribution in [0.2, 0.25) is 0 Å². The summed E-state index contributed by atoms with van der Waals surface area (Å²) in [6, 6.07) is 13.1. The normalized spacial score (nSPS) is 10.2. The van der Waals surface area contributed by atoms with Crippen LogP contribution in [0.25, 0.3) is 0 Å². The molecule has 0 radical (unpaired) electrons. The highest BCUT2D eigenvalue weighted by Gasteiger charge is 2.21. The average Bonchev–Trinajstić information content (AvgIpc) is 2.87. The molecule has 35 heavy (non-hydrogen) atoms. The van der Waals surface area contributed by atoms with Crippen LogP contribution in [0.1, 0.15) is 20.7 Å². The molecule has 0 aliphatic carbocycles. The highest BCUT2D eigenvalue weighted by molar-refractivity contribution is 6.09. The summed E-state index contributed by atoms with van der Waals surface area (Å²) in [5, 5.41) is 16.7. The second-order valence-electron chi connectivity index (χ2n) is 7.03. The Morgan fingerprint density at radius 2 is 1.23 bits per heavy atom. The van der Waals surface area contributed by atoms with Gasteiger partial charge in [0.15, 0.2) is 0 Å². The second-order valence-corrected chi connectivity index (χ2v) is 7.03. The second kappa shape index (κ2) is 10.9. The highest BCUT2D eigenvalue weighted by atomic mass is 16.6.